The Labute approximate surface area is 224 Å². The number of carbonyl (C=O) groups is 1. The average molecular weight is 567 g/mol. The first kappa shape index (κ1) is 28.6. The molecule has 0 aliphatic carbocycles. The predicted octanol–water partition coefficient (Wildman–Crippen LogP) is 7.11. The van der Waals surface area contributed by atoms with Crippen molar-refractivity contribution < 1.29 is 40.6 Å². The predicted molar refractivity (Wildman–Crippen MR) is 136 cm³/mol. The van der Waals surface area contributed by atoms with Crippen molar-refractivity contribution >= 4 is 17.2 Å². The quantitative estimate of drug-likeness (QED) is 0.211. The summed E-state index contributed by atoms with van der Waals surface area (Å²) in [6.45, 7) is 3.64. The van der Waals surface area contributed by atoms with Gasteiger partial charge in [0.15, 0.2) is 5.65 Å². The molecule has 0 atom stereocenters. The van der Waals surface area contributed by atoms with E-state index < -0.39 is 31.3 Å². The largest absolute Gasteiger partial charge is 0.573 e. The second-order valence-corrected chi connectivity index (χ2v) is 8.73. The van der Waals surface area contributed by atoms with E-state index in [4.69, 9.17) is 4.74 Å². The van der Waals surface area contributed by atoms with Crippen LogP contribution in [0.4, 0.5) is 32.0 Å². The Morgan fingerprint density at radius 1 is 0.975 bits per heavy atom. The molecular weight excluding hydrogens is 542 g/mol. The zero-order valence-corrected chi connectivity index (χ0v) is 21.3. The highest BCUT2D eigenvalue weighted by Crippen LogP contribution is 2.33. The molecule has 2 aromatic carbocycles. The van der Waals surface area contributed by atoms with Crippen LogP contribution in [0.5, 0.6) is 17.2 Å². The number of hydrogen-bond acceptors (Lipinski definition) is 5. The highest BCUT2D eigenvalue weighted by molar-refractivity contribution is 5.96. The van der Waals surface area contributed by atoms with E-state index in [-0.39, 0.29) is 23.1 Å². The molecular formula is C27H24F6N4O3. The van der Waals surface area contributed by atoms with Gasteiger partial charge in [-0.15, -0.1) is 13.2 Å². The lowest BCUT2D eigenvalue weighted by atomic mass is 10.0. The van der Waals surface area contributed by atoms with Crippen LogP contribution >= 0.6 is 0 Å². The molecule has 0 aliphatic heterocycles. The fourth-order valence-electron chi connectivity index (χ4n) is 3.98. The van der Waals surface area contributed by atoms with Crippen molar-refractivity contribution in [2.75, 3.05) is 18.4 Å². The second kappa shape index (κ2) is 11.4. The average Bonchev–Trinajstić information content (AvgIpc) is 3.28. The fourth-order valence-corrected chi connectivity index (χ4v) is 3.98. The van der Waals surface area contributed by atoms with Gasteiger partial charge in [-0.3, -0.25) is 9.20 Å². The van der Waals surface area contributed by atoms with Gasteiger partial charge in [-0.05, 0) is 55.8 Å². The van der Waals surface area contributed by atoms with E-state index in [2.05, 4.69) is 20.4 Å². The first-order valence-electron chi connectivity index (χ1n) is 12.1. The molecule has 2 N–H and O–H groups in total. The Balaban J connectivity index is 1.70. The third-order valence-corrected chi connectivity index (χ3v) is 5.70. The van der Waals surface area contributed by atoms with Crippen molar-refractivity contribution in [2.45, 2.75) is 32.8 Å². The van der Waals surface area contributed by atoms with Gasteiger partial charge >= 0.3 is 12.5 Å². The minimum Gasteiger partial charge on any atom is -0.456 e. The number of hydrogen-bond donors (Lipinski definition) is 2. The van der Waals surface area contributed by atoms with Gasteiger partial charge in [-0.25, -0.2) is 4.98 Å². The summed E-state index contributed by atoms with van der Waals surface area (Å²) in [5.74, 6) is -0.309. The first-order valence-corrected chi connectivity index (χ1v) is 12.1. The molecule has 7 nitrogen and oxygen atoms in total. The van der Waals surface area contributed by atoms with E-state index in [1.54, 1.807) is 35.7 Å². The molecule has 2 heterocycles. The standard InChI is InChI=1S/C27H24F6N4O3/c1-3-34-25(38)21-9-4-17(12-16(21)2)23-14-36-24-22(35-11-10-26(28,29)30)13-20(15-37(23)24)39-18-5-7-19(8-6-18)40-27(31,32)33/h4-9,12-15,35H,3,10-11H2,1-2H3,(H,34,38). The SMILES string of the molecule is CCNC(=O)c1ccc(-c2cnc3c(NCCC(F)(F)F)cc(Oc4ccc(OC(F)(F)F)cc4)cn23)cc1C. The van der Waals surface area contributed by atoms with E-state index in [0.29, 0.717) is 34.6 Å². The number of amides is 1. The topological polar surface area (TPSA) is 76.9 Å². The van der Waals surface area contributed by atoms with Crippen molar-refractivity contribution in [1.29, 1.82) is 0 Å². The number of alkyl halides is 6. The van der Waals surface area contributed by atoms with Crippen LogP contribution < -0.4 is 20.1 Å². The molecule has 0 aliphatic rings. The Hall–Kier alpha value is -4.42. The minimum atomic E-state index is -4.85. The molecule has 40 heavy (non-hydrogen) atoms. The van der Waals surface area contributed by atoms with Gasteiger partial charge in [0, 0.05) is 30.3 Å². The van der Waals surface area contributed by atoms with Crippen LogP contribution in [-0.2, 0) is 0 Å². The lowest BCUT2D eigenvalue weighted by molar-refractivity contribution is -0.274. The van der Waals surface area contributed by atoms with Crippen molar-refractivity contribution in [3.05, 3.63) is 72.1 Å². The number of aromatic nitrogens is 2. The fraction of sp³-hybridized carbons (Fsp3) is 0.259. The van der Waals surface area contributed by atoms with Crippen molar-refractivity contribution in [3.8, 4) is 28.5 Å². The van der Waals surface area contributed by atoms with Gasteiger partial charge in [-0.1, -0.05) is 6.07 Å². The Kier molecular flexibility index (Phi) is 8.12. The van der Waals surface area contributed by atoms with Gasteiger partial charge in [0.1, 0.15) is 17.2 Å². The summed E-state index contributed by atoms with van der Waals surface area (Å²) in [6, 6.07) is 11.3. The first-order chi connectivity index (χ1) is 18.8. The molecule has 0 saturated carbocycles. The minimum absolute atomic E-state index is 0.166. The highest BCUT2D eigenvalue weighted by atomic mass is 19.4. The Bertz CT molecular complexity index is 1500. The van der Waals surface area contributed by atoms with Gasteiger partial charge in [0.2, 0.25) is 0 Å². The maximum Gasteiger partial charge on any atom is 0.573 e. The van der Waals surface area contributed by atoms with E-state index in [0.717, 1.165) is 12.1 Å². The number of nitrogens with zero attached hydrogens (tertiary/aromatic N) is 2. The molecule has 0 spiro atoms. The molecule has 0 fully saturated rings. The lowest BCUT2D eigenvalue weighted by Gasteiger charge is -2.14. The number of nitrogens with one attached hydrogen (secondary N) is 2. The Morgan fingerprint density at radius 3 is 2.30 bits per heavy atom. The molecule has 0 saturated heterocycles. The number of anilines is 1. The molecule has 1 amide bonds. The summed E-state index contributed by atoms with van der Waals surface area (Å²) in [5.41, 5.74) is 3.03. The lowest BCUT2D eigenvalue weighted by Crippen LogP contribution is -2.23. The summed E-state index contributed by atoms with van der Waals surface area (Å²) in [5, 5.41) is 5.48. The molecule has 0 radical (unpaired) electrons. The van der Waals surface area contributed by atoms with Gasteiger partial charge < -0.3 is 20.1 Å². The number of rotatable bonds is 9. The number of halogens is 6. The summed E-state index contributed by atoms with van der Waals surface area (Å²) < 4.78 is 87.0. The maximum absolute atomic E-state index is 12.8. The van der Waals surface area contributed by atoms with Crippen LogP contribution in [0.15, 0.2) is 60.9 Å². The third-order valence-electron chi connectivity index (χ3n) is 5.70. The number of pyridine rings is 1. The summed E-state index contributed by atoms with van der Waals surface area (Å²) in [6.07, 6.45) is -7.21. The van der Waals surface area contributed by atoms with Crippen LogP contribution in [-0.4, -0.2) is 40.9 Å². The maximum atomic E-state index is 12.8. The molecule has 4 aromatic rings. The molecule has 4 rings (SSSR count). The molecule has 13 heteroatoms. The summed E-state index contributed by atoms with van der Waals surface area (Å²) >= 11 is 0. The van der Waals surface area contributed by atoms with Gasteiger partial charge in [0.05, 0.1) is 30.2 Å². The van der Waals surface area contributed by atoms with Crippen molar-refractivity contribution in [1.82, 2.24) is 14.7 Å². The molecule has 0 unspecified atom stereocenters. The number of fused-ring (bicyclic) bond motifs is 1. The number of carbonyl (C=O) groups excluding carboxylic acids is 1. The van der Waals surface area contributed by atoms with E-state index in [1.807, 2.05) is 6.92 Å². The van der Waals surface area contributed by atoms with Crippen LogP contribution in [0.1, 0.15) is 29.3 Å². The Morgan fingerprint density at radius 2 is 1.68 bits per heavy atom. The van der Waals surface area contributed by atoms with Crippen molar-refractivity contribution in [2.24, 2.45) is 0 Å². The van der Waals surface area contributed by atoms with Crippen LogP contribution in [0, 0.1) is 6.92 Å². The van der Waals surface area contributed by atoms with Gasteiger partial charge in [-0.2, -0.15) is 13.2 Å². The second-order valence-electron chi connectivity index (χ2n) is 8.73. The normalized spacial score (nSPS) is 11.9. The monoisotopic (exact) mass is 566 g/mol. The summed E-state index contributed by atoms with van der Waals surface area (Å²) in [7, 11) is 0. The van der Waals surface area contributed by atoms with E-state index >= 15 is 0 Å². The smallest absolute Gasteiger partial charge is 0.456 e. The van der Waals surface area contributed by atoms with E-state index in [9.17, 15) is 31.1 Å². The van der Waals surface area contributed by atoms with Crippen LogP contribution in [0.3, 0.4) is 0 Å². The molecule has 212 valence electrons. The zero-order valence-electron chi connectivity index (χ0n) is 21.3. The van der Waals surface area contributed by atoms with E-state index in [1.165, 1.54) is 24.4 Å². The number of imidazole rings is 1. The number of benzene rings is 2. The molecule has 2 aromatic heterocycles. The molecule has 0 bridgehead atoms. The van der Waals surface area contributed by atoms with Crippen molar-refractivity contribution in [3.63, 3.8) is 0 Å². The van der Waals surface area contributed by atoms with Crippen LogP contribution in [0.25, 0.3) is 16.9 Å². The third kappa shape index (κ3) is 7.16. The zero-order chi connectivity index (χ0) is 29.1. The highest BCUT2D eigenvalue weighted by Gasteiger charge is 2.31. The van der Waals surface area contributed by atoms with Crippen LogP contribution in [0.2, 0.25) is 0 Å². The number of aryl methyl sites for hydroxylation is 1. The van der Waals surface area contributed by atoms with Gasteiger partial charge in [0.25, 0.3) is 5.91 Å². The number of ether oxygens (including phenoxy) is 2. The summed E-state index contributed by atoms with van der Waals surface area (Å²) in [4.78, 5) is 16.7.